The van der Waals surface area contributed by atoms with E-state index in [4.69, 9.17) is 9.47 Å². The molecular formula is C23H23N3O4. The zero-order chi connectivity index (χ0) is 21.3. The molecule has 7 heteroatoms. The van der Waals surface area contributed by atoms with E-state index in [1.807, 2.05) is 36.4 Å². The fourth-order valence-corrected chi connectivity index (χ4v) is 2.82. The molecule has 3 rings (SSSR count). The largest absolute Gasteiger partial charge is 0.495 e. The van der Waals surface area contributed by atoms with Crippen molar-refractivity contribution in [3.8, 4) is 11.5 Å². The maximum atomic E-state index is 12.5. The molecule has 0 spiro atoms. The number of benzene rings is 3. The van der Waals surface area contributed by atoms with E-state index in [2.05, 4.69) is 16.0 Å². The summed E-state index contributed by atoms with van der Waals surface area (Å²) < 4.78 is 10.8. The summed E-state index contributed by atoms with van der Waals surface area (Å²) in [5.74, 6) is 0.431. The summed E-state index contributed by atoms with van der Waals surface area (Å²) in [6, 6.07) is 21.4. The molecule has 0 saturated heterocycles. The van der Waals surface area contributed by atoms with Crippen LogP contribution in [0.25, 0.3) is 0 Å². The molecule has 0 bridgehead atoms. The molecular weight excluding hydrogens is 382 g/mol. The average molecular weight is 405 g/mol. The summed E-state index contributed by atoms with van der Waals surface area (Å²) in [6.07, 6.45) is 0. The van der Waals surface area contributed by atoms with Gasteiger partial charge in [-0.1, -0.05) is 36.4 Å². The van der Waals surface area contributed by atoms with Crippen LogP contribution in [0.1, 0.15) is 10.4 Å². The molecule has 0 saturated carbocycles. The number of carbonyl (C=O) groups excluding carboxylic acids is 2. The topological polar surface area (TPSA) is 88.7 Å². The summed E-state index contributed by atoms with van der Waals surface area (Å²) in [5.41, 5.74) is 2.27. The number of para-hydroxylation sites is 1. The van der Waals surface area contributed by atoms with Crippen LogP contribution in [0.5, 0.6) is 11.5 Å². The molecule has 3 N–H and O–H groups in total. The predicted octanol–water partition coefficient (Wildman–Crippen LogP) is 4.01. The minimum atomic E-state index is -0.265. The SMILES string of the molecule is COc1cc(NC(=O)c2ccccc2)c(OC)cc1NCC(=O)Nc1ccccc1. The van der Waals surface area contributed by atoms with E-state index in [0.717, 1.165) is 0 Å². The minimum absolute atomic E-state index is 0.0319. The van der Waals surface area contributed by atoms with Gasteiger partial charge in [-0.05, 0) is 24.3 Å². The molecule has 0 heterocycles. The molecule has 0 unspecified atom stereocenters. The van der Waals surface area contributed by atoms with Crippen LogP contribution in [0.3, 0.4) is 0 Å². The summed E-state index contributed by atoms with van der Waals surface area (Å²) in [4.78, 5) is 24.7. The molecule has 2 amide bonds. The fraction of sp³-hybridized carbons (Fsp3) is 0.130. The van der Waals surface area contributed by atoms with Crippen molar-refractivity contribution in [3.05, 3.63) is 78.4 Å². The smallest absolute Gasteiger partial charge is 0.255 e. The number of hydrogen-bond donors (Lipinski definition) is 3. The quantitative estimate of drug-likeness (QED) is 0.527. The average Bonchev–Trinajstić information content (AvgIpc) is 2.79. The highest BCUT2D eigenvalue weighted by molar-refractivity contribution is 6.05. The number of anilines is 3. The Morgan fingerprint density at radius 2 is 1.33 bits per heavy atom. The maximum absolute atomic E-state index is 12.5. The zero-order valence-corrected chi connectivity index (χ0v) is 16.8. The highest BCUT2D eigenvalue weighted by Gasteiger charge is 2.15. The summed E-state index contributed by atoms with van der Waals surface area (Å²) in [7, 11) is 3.02. The van der Waals surface area contributed by atoms with Crippen molar-refractivity contribution >= 4 is 28.9 Å². The van der Waals surface area contributed by atoms with Crippen molar-refractivity contribution in [1.29, 1.82) is 0 Å². The lowest BCUT2D eigenvalue weighted by Gasteiger charge is -2.16. The van der Waals surface area contributed by atoms with Crippen LogP contribution in [-0.4, -0.2) is 32.6 Å². The van der Waals surface area contributed by atoms with Crippen molar-refractivity contribution in [2.24, 2.45) is 0 Å². The number of carbonyl (C=O) groups is 2. The highest BCUT2D eigenvalue weighted by atomic mass is 16.5. The van der Waals surface area contributed by atoms with E-state index in [9.17, 15) is 9.59 Å². The van der Waals surface area contributed by atoms with Crippen LogP contribution in [-0.2, 0) is 4.79 Å². The number of nitrogens with one attached hydrogen (secondary N) is 3. The number of methoxy groups -OCH3 is 2. The molecule has 154 valence electrons. The highest BCUT2D eigenvalue weighted by Crippen LogP contribution is 2.36. The van der Waals surface area contributed by atoms with Gasteiger partial charge in [-0.3, -0.25) is 9.59 Å². The van der Waals surface area contributed by atoms with E-state index < -0.39 is 0 Å². The summed E-state index contributed by atoms with van der Waals surface area (Å²) in [6.45, 7) is 0.0319. The van der Waals surface area contributed by atoms with Crippen molar-refractivity contribution in [2.45, 2.75) is 0 Å². The van der Waals surface area contributed by atoms with Gasteiger partial charge in [-0.15, -0.1) is 0 Å². The van der Waals surface area contributed by atoms with Gasteiger partial charge in [0.05, 0.1) is 32.1 Å². The van der Waals surface area contributed by atoms with E-state index in [0.29, 0.717) is 34.1 Å². The second kappa shape index (κ2) is 9.97. The minimum Gasteiger partial charge on any atom is -0.495 e. The first-order valence-corrected chi connectivity index (χ1v) is 9.32. The Bertz CT molecular complexity index is 1010. The lowest BCUT2D eigenvalue weighted by atomic mass is 10.2. The molecule has 0 radical (unpaired) electrons. The Hall–Kier alpha value is -4.00. The number of ether oxygens (including phenoxy) is 2. The molecule has 0 aliphatic carbocycles. The number of rotatable bonds is 8. The lowest BCUT2D eigenvalue weighted by molar-refractivity contribution is -0.114. The molecule has 3 aromatic carbocycles. The third kappa shape index (κ3) is 5.29. The van der Waals surface area contributed by atoms with Crippen molar-refractivity contribution < 1.29 is 19.1 Å². The van der Waals surface area contributed by atoms with Crippen LogP contribution >= 0.6 is 0 Å². The van der Waals surface area contributed by atoms with Crippen LogP contribution in [0.4, 0.5) is 17.1 Å². The Labute approximate surface area is 175 Å². The first-order valence-electron chi connectivity index (χ1n) is 9.32. The van der Waals surface area contributed by atoms with Crippen molar-refractivity contribution in [2.75, 3.05) is 36.7 Å². The van der Waals surface area contributed by atoms with Gasteiger partial charge >= 0.3 is 0 Å². The van der Waals surface area contributed by atoms with E-state index >= 15 is 0 Å². The summed E-state index contributed by atoms with van der Waals surface area (Å²) in [5, 5.41) is 8.67. The van der Waals surface area contributed by atoms with Gasteiger partial charge in [-0.2, -0.15) is 0 Å². The maximum Gasteiger partial charge on any atom is 0.255 e. The Morgan fingerprint density at radius 1 is 0.767 bits per heavy atom. The first kappa shape index (κ1) is 20.7. The molecule has 0 atom stereocenters. The summed E-state index contributed by atoms with van der Waals surface area (Å²) >= 11 is 0. The van der Waals surface area contributed by atoms with Gasteiger partial charge in [0.25, 0.3) is 5.91 Å². The van der Waals surface area contributed by atoms with Gasteiger partial charge in [-0.25, -0.2) is 0 Å². The second-order valence-corrected chi connectivity index (χ2v) is 6.34. The zero-order valence-electron chi connectivity index (χ0n) is 16.8. The van der Waals surface area contributed by atoms with Crippen LogP contribution in [0.15, 0.2) is 72.8 Å². The van der Waals surface area contributed by atoms with Crippen molar-refractivity contribution in [3.63, 3.8) is 0 Å². The molecule has 7 nitrogen and oxygen atoms in total. The molecule has 0 fully saturated rings. The van der Waals surface area contributed by atoms with E-state index in [1.54, 1.807) is 36.4 Å². The molecule has 0 aliphatic heterocycles. The van der Waals surface area contributed by atoms with Crippen molar-refractivity contribution in [1.82, 2.24) is 0 Å². The van der Waals surface area contributed by atoms with E-state index in [1.165, 1.54) is 14.2 Å². The standard InChI is InChI=1S/C23H23N3O4/c1-29-20-14-19(26-23(28)16-9-5-3-6-10-16)21(30-2)13-18(20)24-15-22(27)25-17-11-7-4-8-12-17/h3-14,24H,15H2,1-2H3,(H,25,27)(H,26,28). The number of amides is 2. The van der Waals surface area contributed by atoms with Gasteiger partial charge in [0.15, 0.2) is 0 Å². The van der Waals surface area contributed by atoms with Gasteiger partial charge in [0.2, 0.25) is 5.91 Å². The number of hydrogen-bond acceptors (Lipinski definition) is 5. The Morgan fingerprint density at radius 3 is 1.97 bits per heavy atom. The second-order valence-electron chi connectivity index (χ2n) is 6.34. The third-order valence-corrected chi connectivity index (χ3v) is 4.30. The first-order chi connectivity index (χ1) is 14.6. The van der Waals surface area contributed by atoms with Crippen LogP contribution in [0, 0.1) is 0 Å². The fourth-order valence-electron chi connectivity index (χ4n) is 2.82. The van der Waals surface area contributed by atoms with Gasteiger partial charge in [0.1, 0.15) is 11.5 Å². The molecule has 30 heavy (non-hydrogen) atoms. The molecule has 3 aromatic rings. The normalized spacial score (nSPS) is 10.1. The van der Waals surface area contributed by atoms with Gasteiger partial charge in [0, 0.05) is 23.4 Å². The molecule has 0 aromatic heterocycles. The van der Waals surface area contributed by atoms with Crippen LogP contribution < -0.4 is 25.4 Å². The van der Waals surface area contributed by atoms with Gasteiger partial charge < -0.3 is 25.4 Å². The third-order valence-electron chi connectivity index (χ3n) is 4.30. The van der Waals surface area contributed by atoms with E-state index in [-0.39, 0.29) is 18.4 Å². The Kier molecular flexibility index (Phi) is 6.89. The Balaban J connectivity index is 1.72. The monoisotopic (exact) mass is 405 g/mol. The lowest BCUT2D eigenvalue weighted by Crippen LogP contribution is -2.22. The van der Waals surface area contributed by atoms with Crippen LogP contribution in [0.2, 0.25) is 0 Å². The predicted molar refractivity (Wildman–Crippen MR) is 118 cm³/mol. The molecule has 0 aliphatic rings.